The Balaban J connectivity index is 2.07. The highest BCUT2D eigenvalue weighted by Crippen LogP contribution is 2.20. The molecule has 0 saturated carbocycles. The van der Waals surface area contributed by atoms with E-state index in [9.17, 15) is 10.1 Å². The maximum atomic E-state index is 12.2. The molecule has 0 bridgehead atoms. The molecule has 0 radical (unpaired) electrons. The number of halogens is 1. The molecule has 0 aliphatic rings. The number of nitrogens with zero attached hydrogens (tertiary/aromatic N) is 3. The maximum absolute atomic E-state index is 12.2. The molecule has 0 amide bonds. The standard InChI is InChI=1S/C19H15ClN4O/c1-24(2)15-6-3-12(4-7-15)9-13(11-21)18-22-17-10-14(20)5-8-16(17)19(25)23-18/h3-10H,1-2H3,(H,22,23,25). The van der Waals surface area contributed by atoms with E-state index in [1.165, 1.54) is 0 Å². The molecule has 0 fully saturated rings. The lowest BCUT2D eigenvalue weighted by atomic mass is 10.1. The summed E-state index contributed by atoms with van der Waals surface area (Å²) in [6.07, 6.45) is 1.69. The van der Waals surface area contributed by atoms with Crippen molar-refractivity contribution < 1.29 is 0 Å². The van der Waals surface area contributed by atoms with Crippen LogP contribution in [0, 0.1) is 11.3 Å². The average Bonchev–Trinajstić information content (AvgIpc) is 2.59. The Morgan fingerprint density at radius 2 is 1.96 bits per heavy atom. The van der Waals surface area contributed by atoms with E-state index in [2.05, 4.69) is 16.0 Å². The molecule has 2 aromatic carbocycles. The van der Waals surface area contributed by atoms with Crippen LogP contribution in [-0.2, 0) is 0 Å². The van der Waals surface area contributed by atoms with Gasteiger partial charge in [0.25, 0.3) is 5.56 Å². The van der Waals surface area contributed by atoms with Gasteiger partial charge in [0.2, 0.25) is 0 Å². The van der Waals surface area contributed by atoms with Crippen molar-refractivity contribution in [3.63, 3.8) is 0 Å². The predicted molar refractivity (Wildman–Crippen MR) is 102 cm³/mol. The number of allylic oxidation sites excluding steroid dienone is 1. The second-order valence-electron chi connectivity index (χ2n) is 5.73. The van der Waals surface area contributed by atoms with Gasteiger partial charge in [-0.05, 0) is 42.0 Å². The van der Waals surface area contributed by atoms with Gasteiger partial charge in [-0.2, -0.15) is 5.26 Å². The van der Waals surface area contributed by atoms with Crippen molar-refractivity contribution in [2.45, 2.75) is 0 Å². The largest absolute Gasteiger partial charge is 0.378 e. The van der Waals surface area contributed by atoms with Crippen molar-refractivity contribution in [2.75, 3.05) is 19.0 Å². The lowest BCUT2D eigenvalue weighted by Gasteiger charge is -2.11. The van der Waals surface area contributed by atoms with Crippen molar-refractivity contribution >= 4 is 39.8 Å². The third kappa shape index (κ3) is 3.54. The summed E-state index contributed by atoms with van der Waals surface area (Å²) < 4.78 is 0. The fraction of sp³-hybridized carbons (Fsp3) is 0.105. The molecule has 0 unspecified atom stereocenters. The molecule has 5 nitrogen and oxygen atoms in total. The first-order valence-electron chi connectivity index (χ1n) is 7.57. The van der Waals surface area contributed by atoms with E-state index in [0.717, 1.165) is 11.3 Å². The van der Waals surface area contributed by atoms with Crippen LogP contribution in [0.3, 0.4) is 0 Å². The van der Waals surface area contributed by atoms with Gasteiger partial charge in [-0.1, -0.05) is 23.7 Å². The van der Waals surface area contributed by atoms with E-state index in [4.69, 9.17) is 11.6 Å². The van der Waals surface area contributed by atoms with E-state index in [1.54, 1.807) is 24.3 Å². The van der Waals surface area contributed by atoms with E-state index in [-0.39, 0.29) is 17.0 Å². The highest BCUT2D eigenvalue weighted by molar-refractivity contribution is 6.31. The quantitative estimate of drug-likeness (QED) is 0.731. The Hall–Kier alpha value is -3.10. The first kappa shape index (κ1) is 16.7. The maximum Gasteiger partial charge on any atom is 0.259 e. The molecule has 1 N–H and O–H groups in total. The summed E-state index contributed by atoms with van der Waals surface area (Å²) in [7, 11) is 3.92. The summed E-state index contributed by atoms with van der Waals surface area (Å²) in [6.45, 7) is 0. The lowest BCUT2D eigenvalue weighted by molar-refractivity contribution is 1.13. The number of H-pyrrole nitrogens is 1. The van der Waals surface area contributed by atoms with Crippen LogP contribution in [0.5, 0.6) is 0 Å². The Morgan fingerprint density at radius 1 is 1.24 bits per heavy atom. The fourth-order valence-corrected chi connectivity index (χ4v) is 2.60. The van der Waals surface area contributed by atoms with Crippen LogP contribution >= 0.6 is 11.6 Å². The first-order valence-corrected chi connectivity index (χ1v) is 7.95. The van der Waals surface area contributed by atoms with Gasteiger partial charge in [0, 0.05) is 24.8 Å². The van der Waals surface area contributed by atoms with E-state index >= 15 is 0 Å². The second kappa shape index (κ2) is 6.80. The number of aromatic nitrogens is 2. The zero-order valence-corrected chi connectivity index (χ0v) is 14.5. The Bertz CT molecular complexity index is 1060. The minimum Gasteiger partial charge on any atom is -0.378 e. The Labute approximate surface area is 149 Å². The molecule has 0 spiro atoms. The van der Waals surface area contributed by atoms with Gasteiger partial charge in [0.05, 0.1) is 16.5 Å². The van der Waals surface area contributed by atoms with Crippen LogP contribution in [0.25, 0.3) is 22.6 Å². The number of rotatable bonds is 3. The molecule has 3 aromatic rings. The van der Waals surface area contributed by atoms with Crippen LogP contribution in [-0.4, -0.2) is 24.1 Å². The molecular weight excluding hydrogens is 336 g/mol. The zero-order valence-electron chi connectivity index (χ0n) is 13.7. The predicted octanol–water partition coefficient (Wildman–Crippen LogP) is 3.71. The van der Waals surface area contributed by atoms with Crippen LogP contribution in [0.15, 0.2) is 47.3 Å². The molecule has 1 aromatic heterocycles. The number of nitriles is 1. The van der Waals surface area contributed by atoms with Crippen molar-refractivity contribution in [1.82, 2.24) is 9.97 Å². The average molecular weight is 351 g/mol. The van der Waals surface area contributed by atoms with Crippen molar-refractivity contribution in [2.24, 2.45) is 0 Å². The number of anilines is 1. The number of fused-ring (bicyclic) bond motifs is 1. The van der Waals surface area contributed by atoms with Crippen molar-refractivity contribution in [1.29, 1.82) is 5.26 Å². The van der Waals surface area contributed by atoms with Crippen molar-refractivity contribution in [3.8, 4) is 6.07 Å². The molecule has 25 heavy (non-hydrogen) atoms. The number of benzene rings is 2. The topological polar surface area (TPSA) is 72.8 Å². The van der Waals surface area contributed by atoms with Crippen LogP contribution in [0.4, 0.5) is 5.69 Å². The summed E-state index contributed by atoms with van der Waals surface area (Å²) >= 11 is 5.97. The van der Waals surface area contributed by atoms with Gasteiger partial charge in [-0.3, -0.25) is 4.79 Å². The highest BCUT2D eigenvalue weighted by Gasteiger charge is 2.09. The molecule has 3 rings (SSSR count). The van der Waals surface area contributed by atoms with Gasteiger partial charge < -0.3 is 9.88 Å². The number of hydrogen-bond donors (Lipinski definition) is 1. The minimum absolute atomic E-state index is 0.221. The summed E-state index contributed by atoms with van der Waals surface area (Å²) in [6, 6.07) is 14.7. The smallest absolute Gasteiger partial charge is 0.259 e. The second-order valence-corrected chi connectivity index (χ2v) is 6.17. The van der Waals surface area contributed by atoms with E-state index < -0.39 is 0 Å². The monoisotopic (exact) mass is 350 g/mol. The zero-order chi connectivity index (χ0) is 18.0. The molecule has 0 atom stereocenters. The molecule has 0 saturated heterocycles. The third-order valence-corrected chi connectivity index (χ3v) is 4.00. The lowest BCUT2D eigenvalue weighted by Crippen LogP contribution is -2.11. The van der Waals surface area contributed by atoms with Gasteiger partial charge in [-0.15, -0.1) is 0 Å². The van der Waals surface area contributed by atoms with E-state index in [1.807, 2.05) is 43.3 Å². The van der Waals surface area contributed by atoms with Gasteiger partial charge in [0.1, 0.15) is 6.07 Å². The Kier molecular flexibility index (Phi) is 4.55. The fourth-order valence-electron chi connectivity index (χ4n) is 2.43. The van der Waals surface area contributed by atoms with Gasteiger partial charge in [0.15, 0.2) is 5.82 Å². The summed E-state index contributed by atoms with van der Waals surface area (Å²) in [5.41, 5.74) is 2.33. The van der Waals surface area contributed by atoms with Crippen LogP contribution in [0.1, 0.15) is 11.4 Å². The normalized spacial score (nSPS) is 11.4. The van der Waals surface area contributed by atoms with E-state index in [0.29, 0.717) is 15.9 Å². The first-order chi connectivity index (χ1) is 12.0. The van der Waals surface area contributed by atoms with Gasteiger partial charge in [-0.25, -0.2) is 4.98 Å². The van der Waals surface area contributed by atoms with Crippen molar-refractivity contribution in [3.05, 3.63) is 69.2 Å². The molecule has 0 aliphatic heterocycles. The van der Waals surface area contributed by atoms with Crippen LogP contribution < -0.4 is 10.5 Å². The number of hydrogen-bond acceptors (Lipinski definition) is 4. The molecule has 1 heterocycles. The Morgan fingerprint density at radius 3 is 2.60 bits per heavy atom. The molecule has 0 aliphatic carbocycles. The number of nitrogens with one attached hydrogen (secondary N) is 1. The molecule has 6 heteroatoms. The molecule has 124 valence electrons. The minimum atomic E-state index is -0.305. The highest BCUT2D eigenvalue weighted by atomic mass is 35.5. The summed E-state index contributed by atoms with van der Waals surface area (Å²) in [5, 5.41) is 10.4. The van der Waals surface area contributed by atoms with Crippen LogP contribution in [0.2, 0.25) is 5.02 Å². The summed E-state index contributed by atoms with van der Waals surface area (Å²) in [4.78, 5) is 21.2. The SMILES string of the molecule is CN(C)c1ccc(C=C(C#N)c2nc3cc(Cl)ccc3c(=O)[nH]2)cc1. The van der Waals surface area contributed by atoms with Gasteiger partial charge >= 0.3 is 0 Å². The summed E-state index contributed by atoms with van der Waals surface area (Å²) in [5.74, 6) is 0.221. The number of aromatic amines is 1. The third-order valence-electron chi connectivity index (χ3n) is 3.76. The molecular formula is C19H15ClN4O.